The third kappa shape index (κ3) is 2.90. The average molecular weight is 300 g/mol. The van der Waals surface area contributed by atoms with Crippen LogP contribution in [0.15, 0.2) is 42.5 Å². The lowest BCUT2D eigenvalue weighted by Crippen LogP contribution is -2.28. The number of nitrogens with two attached hydrogens (primary N) is 1. The summed E-state index contributed by atoms with van der Waals surface area (Å²) >= 11 is 4.97. The van der Waals surface area contributed by atoms with Crippen LogP contribution in [0.4, 0.5) is 10.1 Å². The average Bonchev–Trinajstić information content (AvgIpc) is 2.47. The van der Waals surface area contributed by atoms with E-state index in [2.05, 4.69) is 29.6 Å². The third-order valence-electron chi connectivity index (χ3n) is 3.97. The summed E-state index contributed by atoms with van der Waals surface area (Å²) in [7, 11) is 0. The molecule has 4 heteroatoms. The zero-order chi connectivity index (χ0) is 14.8. The summed E-state index contributed by atoms with van der Waals surface area (Å²) in [5.41, 5.74) is 9.41. The highest BCUT2D eigenvalue weighted by molar-refractivity contribution is 7.80. The van der Waals surface area contributed by atoms with Crippen molar-refractivity contribution in [1.82, 2.24) is 0 Å². The lowest BCUT2D eigenvalue weighted by atomic mass is 9.88. The van der Waals surface area contributed by atoms with Crippen LogP contribution in [0.3, 0.4) is 0 Å². The fourth-order valence-corrected chi connectivity index (χ4v) is 3.14. The second-order valence-corrected chi connectivity index (χ2v) is 5.82. The molecule has 2 aromatic carbocycles. The Bertz CT molecular complexity index is 684. The third-order valence-corrected chi connectivity index (χ3v) is 4.17. The van der Waals surface area contributed by atoms with Crippen molar-refractivity contribution in [2.75, 3.05) is 5.32 Å². The van der Waals surface area contributed by atoms with Gasteiger partial charge in [0.25, 0.3) is 0 Å². The molecule has 108 valence electrons. The van der Waals surface area contributed by atoms with E-state index in [1.807, 2.05) is 6.07 Å². The first-order chi connectivity index (χ1) is 10.1. The molecule has 1 aliphatic rings. The van der Waals surface area contributed by atoms with Crippen molar-refractivity contribution in [3.8, 4) is 0 Å². The topological polar surface area (TPSA) is 38.0 Å². The Labute approximate surface area is 129 Å². The van der Waals surface area contributed by atoms with Crippen LogP contribution in [0.5, 0.6) is 0 Å². The molecule has 1 unspecified atom stereocenters. The van der Waals surface area contributed by atoms with Crippen molar-refractivity contribution >= 4 is 22.9 Å². The molecule has 0 saturated heterocycles. The maximum absolute atomic E-state index is 13.9. The molecule has 0 fully saturated rings. The molecular formula is C17H17FN2S. The molecule has 0 aliphatic heterocycles. The van der Waals surface area contributed by atoms with E-state index in [-0.39, 0.29) is 16.8 Å². The molecule has 0 heterocycles. The van der Waals surface area contributed by atoms with Crippen LogP contribution in [0, 0.1) is 5.82 Å². The van der Waals surface area contributed by atoms with Crippen LogP contribution in [0.25, 0.3) is 0 Å². The number of rotatable bonds is 3. The van der Waals surface area contributed by atoms with Gasteiger partial charge in [0.05, 0.1) is 5.56 Å². The molecule has 3 N–H and O–H groups in total. The first kappa shape index (κ1) is 14.0. The fraction of sp³-hybridized carbons (Fsp3) is 0.235. The highest BCUT2D eigenvalue weighted by atomic mass is 32.1. The van der Waals surface area contributed by atoms with Crippen LogP contribution >= 0.6 is 12.2 Å². The number of nitrogens with one attached hydrogen (secondary N) is 1. The van der Waals surface area contributed by atoms with Crippen molar-refractivity contribution < 1.29 is 4.39 Å². The smallest absolute Gasteiger partial charge is 0.135 e. The molecule has 0 aromatic heterocycles. The zero-order valence-electron chi connectivity index (χ0n) is 11.6. The summed E-state index contributed by atoms with van der Waals surface area (Å²) in [5.74, 6) is -0.372. The minimum atomic E-state index is -0.372. The van der Waals surface area contributed by atoms with Gasteiger partial charge in [0.15, 0.2) is 0 Å². The van der Waals surface area contributed by atoms with Gasteiger partial charge < -0.3 is 11.1 Å². The van der Waals surface area contributed by atoms with Gasteiger partial charge in [-0.15, -0.1) is 0 Å². The molecule has 1 aliphatic carbocycles. The molecule has 0 saturated carbocycles. The normalized spacial score (nSPS) is 17.1. The first-order valence-electron chi connectivity index (χ1n) is 7.07. The maximum atomic E-state index is 13.9. The molecule has 0 bridgehead atoms. The summed E-state index contributed by atoms with van der Waals surface area (Å²) in [6.07, 6.45) is 2.99. The second kappa shape index (κ2) is 5.82. The van der Waals surface area contributed by atoms with Crippen molar-refractivity contribution in [1.29, 1.82) is 0 Å². The standard InChI is InChI=1S/C17H17FN2S/c18-14-6-3-7-15(16(14)17(19)21)20-13-9-8-11-4-1-2-5-12(11)10-13/h1-7,13,20H,8-10H2,(H2,19,21). The van der Waals surface area contributed by atoms with E-state index in [0.29, 0.717) is 11.3 Å². The van der Waals surface area contributed by atoms with Crippen molar-refractivity contribution in [3.63, 3.8) is 0 Å². The number of halogens is 1. The van der Waals surface area contributed by atoms with Gasteiger partial charge in [0.1, 0.15) is 10.8 Å². The van der Waals surface area contributed by atoms with Gasteiger partial charge >= 0.3 is 0 Å². The summed E-state index contributed by atoms with van der Waals surface area (Å²) < 4.78 is 13.9. The van der Waals surface area contributed by atoms with E-state index in [1.165, 1.54) is 17.2 Å². The Balaban J connectivity index is 1.83. The molecule has 2 nitrogen and oxygen atoms in total. The lowest BCUT2D eigenvalue weighted by Gasteiger charge is -2.27. The maximum Gasteiger partial charge on any atom is 0.135 e. The van der Waals surface area contributed by atoms with Crippen LogP contribution < -0.4 is 11.1 Å². The quantitative estimate of drug-likeness (QED) is 0.853. The lowest BCUT2D eigenvalue weighted by molar-refractivity contribution is 0.605. The largest absolute Gasteiger partial charge is 0.389 e. The zero-order valence-corrected chi connectivity index (χ0v) is 12.4. The van der Waals surface area contributed by atoms with E-state index in [9.17, 15) is 4.39 Å². The summed E-state index contributed by atoms with van der Waals surface area (Å²) in [6.45, 7) is 0. The van der Waals surface area contributed by atoms with Gasteiger partial charge in [0, 0.05) is 11.7 Å². The Morgan fingerprint density at radius 1 is 1.14 bits per heavy atom. The van der Waals surface area contributed by atoms with Gasteiger partial charge in [-0.1, -0.05) is 42.5 Å². The van der Waals surface area contributed by atoms with Gasteiger partial charge in [0.2, 0.25) is 0 Å². The number of hydrogen-bond donors (Lipinski definition) is 2. The first-order valence-corrected chi connectivity index (χ1v) is 7.47. The Hall–Kier alpha value is -1.94. The van der Waals surface area contributed by atoms with Crippen LogP contribution in [-0.4, -0.2) is 11.0 Å². The molecule has 3 rings (SSSR count). The van der Waals surface area contributed by atoms with Crippen LogP contribution in [-0.2, 0) is 12.8 Å². The Morgan fingerprint density at radius 2 is 1.90 bits per heavy atom. The summed E-state index contributed by atoms with van der Waals surface area (Å²) in [5, 5.41) is 3.41. The number of hydrogen-bond acceptors (Lipinski definition) is 2. The molecule has 0 spiro atoms. The number of fused-ring (bicyclic) bond motifs is 1. The molecule has 0 radical (unpaired) electrons. The highest BCUT2D eigenvalue weighted by Gasteiger charge is 2.20. The monoisotopic (exact) mass is 300 g/mol. The minimum absolute atomic E-state index is 0.0896. The highest BCUT2D eigenvalue weighted by Crippen LogP contribution is 2.26. The van der Waals surface area contributed by atoms with Crippen LogP contribution in [0.1, 0.15) is 23.1 Å². The second-order valence-electron chi connectivity index (χ2n) is 5.38. The van der Waals surface area contributed by atoms with Crippen molar-refractivity contribution in [3.05, 3.63) is 65.0 Å². The number of anilines is 1. The number of benzene rings is 2. The molecule has 0 amide bonds. The molecular weight excluding hydrogens is 283 g/mol. The molecule has 1 atom stereocenters. The number of aryl methyl sites for hydroxylation is 1. The van der Waals surface area contributed by atoms with E-state index < -0.39 is 0 Å². The Morgan fingerprint density at radius 3 is 2.67 bits per heavy atom. The SMILES string of the molecule is NC(=S)c1c(F)cccc1NC1CCc2ccccc2C1. The fourth-order valence-electron chi connectivity index (χ4n) is 2.94. The molecule has 21 heavy (non-hydrogen) atoms. The van der Waals surface area contributed by atoms with Gasteiger partial charge in [-0.25, -0.2) is 4.39 Å². The van der Waals surface area contributed by atoms with Gasteiger partial charge in [-0.2, -0.15) is 0 Å². The van der Waals surface area contributed by atoms with Crippen molar-refractivity contribution in [2.24, 2.45) is 5.73 Å². The van der Waals surface area contributed by atoms with Gasteiger partial charge in [-0.05, 0) is 42.5 Å². The van der Waals surface area contributed by atoms with E-state index in [4.69, 9.17) is 18.0 Å². The van der Waals surface area contributed by atoms with E-state index >= 15 is 0 Å². The van der Waals surface area contributed by atoms with Crippen molar-refractivity contribution in [2.45, 2.75) is 25.3 Å². The Kier molecular flexibility index (Phi) is 3.88. The van der Waals surface area contributed by atoms with E-state index in [0.717, 1.165) is 19.3 Å². The van der Waals surface area contributed by atoms with Crippen LogP contribution in [0.2, 0.25) is 0 Å². The van der Waals surface area contributed by atoms with Gasteiger partial charge in [-0.3, -0.25) is 0 Å². The summed E-state index contributed by atoms with van der Waals surface area (Å²) in [6, 6.07) is 13.6. The molecule has 2 aromatic rings. The summed E-state index contributed by atoms with van der Waals surface area (Å²) in [4.78, 5) is 0.0896. The predicted molar refractivity (Wildman–Crippen MR) is 88.2 cm³/mol. The number of thiocarbonyl (C=S) groups is 1. The minimum Gasteiger partial charge on any atom is -0.389 e. The van der Waals surface area contributed by atoms with E-state index in [1.54, 1.807) is 6.07 Å². The predicted octanol–water partition coefficient (Wildman–Crippen LogP) is 3.43.